The van der Waals surface area contributed by atoms with Crippen LogP contribution in [-0.4, -0.2) is 66.5 Å². The first-order valence-electron chi connectivity index (χ1n) is 13.3. The number of anilines is 2. The summed E-state index contributed by atoms with van der Waals surface area (Å²) in [6, 6.07) is 5.82. The highest BCUT2D eigenvalue weighted by molar-refractivity contribution is 6.31. The Morgan fingerprint density at radius 1 is 1.10 bits per heavy atom. The first-order chi connectivity index (χ1) is 20.3. The van der Waals surface area contributed by atoms with Gasteiger partial charge in [0.25, 0.3) is 0 Å². The van der Waals surface area contributed by atoms with Crippen molar-refractivity contribution in [1.82, 2.24) is 14.9 Å². The highest BCUT2D eigenvalue weighted by atomic mass is 35.5. The zero-order valence-electron chi connectivity index (χ0n) is 23.5. The van der Waals surface area contributed by atoms with Crippen molar-refractivity contribution in [3.8, 4) is 11.5 Å². The maximum atomic E-state index is 14.6. The summed E-state index contributed by atoms with van der Waals surface area (Å²) in [5.41, 5.74) is 0.510. The van der Waals surface area contributed by atoms with Crippen molar-refractivity contribution in [3.05, 3.63) is 72.6 Å². The van der Waals surface area contributed by atoms with E-state index in [1.165, 1.54) is 18.5 Å². The molecule has 1 N–H and O–H groups in total. The van der Waals surface area contributed by atoms with Crippen LogP contribution in [0, 0.1) is 11.6 Å². The third-order valence-electron chi connectivity index (χ3n) is 6.39. The minimum atomic E-state index is -0.924. The number of nitrogens with zero attached hydrogens (tertiary/aromatic N) is 3. The van der Waals surface area contributed by atoms with Gasteiger partial charge in [-0.05, 0) is 31.2 Å². The maximum absolute atomic E-state index is 14.6. The van der Waals surface area contributed by atoms with E-state index >= 15 is 0 Å². The van der Waals surface area contributed by atoms with Crippen LogP contribution in [0.3, 0.4) is 0 Å². The molecule has 0 radical (unpaired) electrons. The van der Waals surface area contributed by atoms with E-state index in [2.05, 4.69) is 28.4 Å². The van der Waals surface area contributed by atoms with E-state index in [9.17, 15) is 18.0 Å². The van der Waals surface area contributed by atoms with Crippen molar-refractivity contribution in [2.45, 2.75) is 38.4 Å². The second-order valence-corrected chi connectivity index (χ2v) is 9.62. The van der Waals surface area contributed by atoms with E-state index in [0.717, 1.165) is 12.5 Å². The predicted molar refractivity (Wildman–Crippen MR) is 157 cm³/mol. The number of hydrogen-bond acceptors (Lipinski definition) is 7. The minimum Gasteiger partial charge on any atom is -0.486 e. The molecule has 226 valence electrons. The van der Waals surface area contributed by atoms with Gasteiger partial charge in [-0.3, -0.25) is 9.18 Å². The van der Waals surface area contributed by atoms with E-state index in [1.807, 2.05) is 6.92 Å². The monoisotopic (exact) mass is 606 g/mol. The van der Waals surface area contributed by atoms with Crippen LogP contribution in [0.1, 0.15) is 26.2 Å². The Labute approximate surface area is 248 Å². The van der Waals surface area contributed by atoms with Gasteiger partial charge in [0.1, 0.15) is 35.2 Å². The molecule has 0 bridgehead atoms. The van der Waals surface area contributed by atoms with Gasteiger partial charge >= 0.3 is 0 Å². The highest BCUT2D eigenvalue weighted by Crippen LogP contribution is 2.38. The van der Waals surface area contributed by atoms with Crippen molar-refractivity contribution in [3.63, 3.8) is 0 Å². The van der Waals surface area contributed by atoms with E-state index in [0.29, 0.717) is 74.5 Å². The average Bonchev–Trinajstić information content (AvgIpc) is 3.52. The molecule has 42 heavy (non-hydrogen) atoms. The molecule has 0 aliphatic carbocycles. The van der Waals surface area contributed by atoms with Gasteiger partial charge in [0.05, 0.1) is 31.6 Å². The van der Waals surface area contributed by atoms with Crippen molar-refractivity contribution in [2.24, 2.45) is 0 Å². The van der Waals surface area contributed by atoms with Crippen LogP contribution >= 0.6 is 11.6 Å². The number of halogens is 4. The quantitative estimate of drug-likeness (QED) is 0.180. The predicted octanol–water partition coefficient (Wildman–Crippen LogP) is 6.81. The molecule has 3 heterocycles. The molecule has 2 fully saturated rings. The largest absolute Gasteiger partial charge is 0.486 e. The molecule has 1 amide bonds. The molecule has 2 aromatic carbocycles. The normalized spacial score (nSPS) is 16.4. The topological polar surface area (TPSA) is 85.8 Å². The van der Waals surface area contributed by atoms with Gasteiger partial charge in [0, 0.05) is 43.8 Å². The summed E-state index contributed by atoms with van der Waals surface area (Å²) in [6.45, 7) is 11.0. The molecule has 3 aromatic rings. The van der Waals surface area contributed by atoms with Gasteiger partial charge in [-0.15, -0.1) is 6.58 Å². The Morgan fingerprint density at radius 3 is 2.40 bits per heavy atom. The molecule has 2 aliphatic heterocycles. The Hall–Kier alpha value is -3.83. The SMILES string of the molecule is C=CC.C=CC(=O)N1CCC(Oc2cc3c(Nc4ccc(F)c(Cl)c4F)ncnc3cc2OC2CCOC2)CC1.CF. The van der Waals surface area contributed by atoms with Crippen LogP contribution in [0.4, 0.5) is 24.7 Å². The van der Waals surface area contributed by atoms with Crippen molar-refractivity contribution in [2.75, 3.05) is 38.8 Å². The van der Waals surface area contributed by atoms with Gasteiger partial charge in [-0.25, -0.2) is 18.7 Å². The molecular weight excluding hydrogens is 573 g/mol. The summed E-state index contributed by atoms with van der Waals surface area (Å²) in [6.07, 6.45) is 6.15. The highest BCUT2D eigenvalue weighted by Gasteiger charge is 2.26. The molecular formula is C30H34ClF3N4O4. The van der Waals surface area contributed by atoms with E-state index < -0.39 is 16.7 Å². The van der Waals surface area contributed by atoms with Gasteiger partial charge in [-0.1, -0.05) is 24.3 Å². The molecule has 1 unspecified atom stereocenters. The number of benzene rings is 2. The second kappa shape index (κ2) is 16.0. The lowest BCUT2D eigenvalue weighted by atomic mass is 10.1. The molecule has 1 atom stereocenters. The Morgan fingerprint density at radius 2 is 1.76 bits per heavy atom. The van der Waals surface area contributed by atoms with Gasteiger partial charge < -0.3 is 24.4 Å². The van der Waals surface area contributed by atoms with Crippen molar-refractivity contribution in [1.29, 1.82) is 0 Å². The smallest absolute Gasteiger partial charge is 0.245 e. The summed E-state index contributed by atoms with van der Waals surface area (Å²) in [4.78, 5) is 22.3. The van der Waals surface area contributed by atoms with Crippen molar-refractivity contribution < 1.29 is 32.2 Å². The number of hydrogen-bond donors (Lipinski definition) is 1. The van der Waals surface area contributed by atoms with E-state index in [-0.39, 0.29) is 23.8 Å². The number of carbonyl (C=O) groups is 1. The van der Waals surface area contributed by atoms with Crippen LogP contribution in [0.5, 0.6) is 11.5 Å². The van der Waals surface area contributed by atoms with Crippen LogP contribution in [0.15, 0.2) is 55.9 Å². The molecule has 1 aromatic heterocycles. The Bertz CT molecular complexity index is 1380. The number of nitrogens with one attached hydrogen (secondary N) is 1. The summed E-state index contributed by atoms with van der Waals surface area (Å²) in [5, 5.41) is 2.82. The molecule has 0 saturated carbocycles. The summed E-state index contributed by atoms with van der Waals surface area (Å²) >= 11 is 5.74. The lowest BCUT2D eigenvalue weighted by Crippen LogP contribution is -2.41. The van der Waals surface area contributed by atoms with Crippen LogP contribution in [0.25, 0.3) is 10.9 Å². The molecule has 12 heteroatoms. The number of piperidine rings is 1. The number of amides is 1. The average molecular weight is 607 g/mol. The Balaban J connectivity index is 0.000000910. The number of ether oxygens (including phenoxy) is 3. The fraction of sp³-hybridized carbons (Fsp3) is 0.367. The number of rotatable bonds is 7. The fourth-order valence-corrected chi connectivity index (χ4v) is 4.55. The number of allylic oxidation sites excluding steroid dienone is 1. The first-order valence-corrected chi connectivity index (χ1v) is 13.7. The van der Waals surface area contributed by atoms with Crippen LogP contribution < -0.4 is 14.8 Å². The summed E-state index contributed by atoms with van der Waals surface area (Å²) in [7, 11) is 0.500. The first kappa shape index (κ1) is 32.7. The minimum absolute atomic E-state index is 0.0310. The molecule has 0 spiro atoms. The lowest BCUT2D eigenvalue weighted by Gasteiger charge is -2.32. The van der Waals surface area contributed by atoms with Gasteiger partial charge in [-0.2, -0.15) is 0 Å². The lowest BCUT2D eigenvalue weighted by molar-refractivity contribution is -0.127. The number of aromatic nitrogens is 2. The zero-order valence-corrected chi connectivity index (χ0v) is 24.3. The third-order valence-corrected chi connectivity index (χ3v) is 6.74. The second-order valence-electron chi connectivity index (χ2n) is 9.24. The molecule has 5 rings (SSSR count). The van der Waals surface area contributed by atoms with E-state index in [4.69, 9.17) is 25.8 Å². The van der Waals surface area contributed by atoms with Gasteiger partial charge in [0.15, 0.2) is 17.3 Å². The molecule has 2 aliphatic rings. The number of carbonyl (C=O) groups excluding carboxylic acids is 1. The standard InChI is InChI=1S/C26H25ClF2N4O4.C3H6.CH3F/c1-2-23(34)33-8-5-15(6-9-33)36-21-11-17-20(12-22(21)37-16-7-10-35-13-16)30-14-31-26(17)32-19-4-3-18(28)24(27)25(19)29;1-3-2;1-2/h2-4,11-12,14-16H,1,5-10,13H2,(H,30,31,32);3H,1H2,2H3;1H3. The molecule has 8 nitrogen and oxygen atoms in total. The number of likely N-dealkylation sites (tertiary alicyclic amines) is 1. The maximum Gasteiger partial charge on any atom is 0.245 e. The fourth-order valence-electron chi connectivity index (χ4n) is 4.39. The zero-order chi connectivity index (χ0) is 30.6. The van der Waals surface area contributed by atoms with E-state index in [1.54, 1.807) is 23.1 Å². The van der Waals surface area contributed by atoms with Crippen LogP contribution in [0.2, 0.25) is 5.02 Å². The molecule has 2 saturated heterocycles. The summed E-state index contributed by atoms with van der Waals surface area (Å²) < 4.78 is 55.7. The van der Waals surface area contributed by atoms with Gasteiger partial charge in [0.2, 0.25) is 5.91 Å². The number of fused-ring (bicyclic) bond motifs is 1. The third kappa shape index (κ3) is 8.13. The summed E-state index contributed by atoms with van der Waals surface area (Å²) in [5.74, 6) is -0.607. The van der Waals surface area contributed by atoms with Crippen LogP contribution in [-0.2, 0) is 9.53 Å². The number of alkyl halides is 1. The van der Waals surface area contributed by atoms with Crippen molar-refractivity contribution >= 4 is 39.9 Å². The Kier molecular flexibility index (Phi) is 12.4.